The van der Waals surface area contributed by atoms with Gasteiger partial charge in [-0.3, -0.25) is 9.69 Å². The van der Waals surface area contributed by atoms with Gasteiger partial charge in [-0.05, 0) is 42.9 Å². The van der Waals surface area contributed by atoms with Gasteiger partial charge in [-0.2, -0.15) is 0 Å². The van der Waals surface area contributed by atoms with E-state index in [0.29, 0.717) is 6.54 Å². The fourth-order valence-electron chi connectivity index (χ4n) is 3.61. The van der Waals surface area contributed by atoms with Gasteiger partial charge in [0, 0.05) is 6.54 Å². The first kappa shape index (κ1) is 14.7. The van der Waals surface area contributed by atoms with E-state index < -0.39 is 5.60 Å². The van der Waals surface area contributed by atoms with Crippen molar-refractivity contribution in [3.63, 3.8) is 0 Å². The second-order valence-corrected chi connectivity index (χ2v) is 6.54. The normalized spacial score (nSPS) is 27.0. The molecule has 0 unspecified atom stereocenters. The Morgan fingerprint density at radius 1 is 1.29 bits per heavy atom. The molecular weight excluding hydrogens is 262 g/mol. The number of aliphatic hydroxyl groups is 1. The van der Waals surface area contributed by atoms with Gasteiger partial charge >= 0.3 is 0 Å². The van der Waals surface area contributed by atoms with Crippen molar-refractivity contribution in [1.82, 2.24) is 4.90 Å². The SMILES string of the molecule is CCCCN1CC(=O)[C@@](O)(C2CCC2)c2ccccc2C1. The van der Waals surface area contributed by atoms with Gasteiger partial charge < -0.3 is 5.11 Å². The van der Waals surface area contributed by atoms with E-state index in [-0.39, 0.29) is 11.7 Å². The highest BCUT2D eigenvalue weighted by molar-refractivity contribution is 5.91. The Morgan fingerprint density at radius 3 is 2.71 bits per heavy atom. The van der Waals surface area contributed by atoms with Crippen LogP contribution in [0.15, 0.2) is 24.3 Å². The standard InChI is InChI=1S/C18H25NO2/c1-2-3-11-19-12-14-7-4-5-10-16(14)18(21,17(20)13-19)15-8-6-9-15/h4-5,7,10,15,21H,2-3,6,8-9,11-13H2,1H3/t18-/m1/s1. The topological polar surface area (TPSA) is 40.5 Å². The summed E-state index contributed by atoms with van der Waals surface area (Å²) < 4.78 is 0. The zero-order valence-electron chi connectivity index (χ0n) is 12.8. The van der Waals surface area contributed by atoms with Crippen molar-refractivity contribution >= 4 is 5.78 Å². The molecule has 3 rings (SSSR count). The molecule has 1 atom stereocenters. The lowest BCUT2D eigenvalue weighted by Gasteiger charge is -2.40. The van der Waals surface area contributed by atoms with E-state index >= 15 is 0 Å². The molecule has 1 aliphatic carbocycles. The third-order valence-corrected chi connectivity index (χ3v) is 5.14. The summed E-state index contributed by atoms with van der Waals surface area (Å²) in [6, 6.07) is 7.97. The van der Waals surface area contributed by atoms with Gasteiger partial charge in [0.2, 0.25) is 0 Å². The molecule has 1 fully saturated rings. The average molecular weight is 287 g/mol. The molecule has 1 heterocycles. The third-order valence-electron chi connectivity index (χ3n) is 5.14. The number of hydrogen-bond acceptors (Lipinski definition) is 3. The quantitative estimate of drug-likeness (QED) is 0.925. The highest BCUT2D eigenvalue weighted by Crippen LogP contribution is 2.45. The Kier molecular flexibility index (Phi) is 4.14. The lowest BCUT2D eigenvalue weighted by Crippen LogP contribution is -2.48. The number of ketones is 1. The molecule has 0 aromatic heterocycles. The van der Waals surface area contributed by atoms with Crippen LogP contribution in [0.5, 0.6) is 0 Å². The first-order chi connectivity index (χ1) is 10.2. The van der Waals surface area contributed by atoms with E-state index in [2.05, 4.69) is 17.9 Å². The van der Waals surface area contributed by atoms with Gasteiger partial charge in [-0.15, -0.1) is 0 Å². The van der Waals surface area contributed by atoms with Gasteiger partial charge in [0.05, 0.1) is 6.54 Å². The molecular formula is C18H25NO2. The van der Waals surface area contributed by atoms with Crippen molar-refractivity contribution in [3.05, 3.63) is 35.4 Å². The maximum Gasteiger partial charge on any atom is 0.183 e. The minimum Gasteiger partial charge on any atom is -0.377 e. The lowest BCUT2D eigenvalue weighted by atomic mass is 9.67. The molecule has 1 aromatic carbocycles. The van der Waals surface area contributed by atoms with Crippen molar-refractivity contribution < 1.29 is 9.90 Å². The molecule has 2 aliphatic rings. The molecule has 3 heteroatoms. The van der Waals surface area contributed by atoms with Crippen molar-refractivity contribution in [3.8, 4) is 0 Å². The van der Waals surface area contributed by atoms with Crippen LogP contribution in [-0.2, 0) is 16.9 Å². The molecule has 1 saturated carbocycles. The van der Waals surface area contributed by atoms with E-state index in [1.807, 2.05) is 18.2 Å². The monoisotopic (exact) mass is 287 g/mol. The van der Waals surface area contributed by atoms with Gasteiger partial charge in [0.1, 0.15) is 0 Å². The first-order valence-electron chi connectivity index (χ1n) is 8.22. The number of unbranched alkanes of at least 4 members (excludes halogenated alkanes) is 1. The number of fused-ring (bicyclic) bond motifs is 1. The number of carbonyl (C=O) groups is 1. The first-order valence-corrected chi connectivity index (χ1v) is 8.22. The molecule has 114 valence electrons. The summed E-state index contributed by atoms with van der Waals surface area (Å²) in [6.07, 6.45) is 5.27. The summed E-state index contributed by atoms with van der Waals surface area (Å²) in [6.45, 7) is 4.24. The second-order valence-electron chi connectivity index (χ2n) is 6.54. The fraction of sp³-hybridized carbons (Fsp3) is 0.611. The van der Waals surface area contributed by atoms with E-state index in [9.17, 15) is 9.90 Å². The largest absolute Gasteiger partial charge is 0.377 e. The molecule has 0 spiro atoms. The van der Waals surface area contributed by atoms with E-state index in [1.165, 1.54) is 0 Å². The molecule has 21 heavy (non-hydrogen) atoms. The summed E-state index contributed by atoms with van der Waals surface area (Å²) >= 11 is 0. The maximum absolute atomic E-state index is 12.8. The van der Waals surface area contributed by atoms with Crippen LogP contribution >= 0.6 is 0 Å². The van der Waals surface area contributed by atoms with Crippen LogP contribution in [0.3, 0.4) is 0 Å². The van der Waals surface area contributed by atoms with E-state index in [0.717, 1.165) is 56.3 Å². The average Bonchev–Trinajstić information content (AvgIpc) is 2.52. The number of benzene rings is 1. The van der Waals surface area contributed by atoms with Gasteiger partial charge in [0.25, 0.3) is 0 Å². The molecule has 1 aliphatic heterocycles. The van der Waals surface area contributed by atoms with Gasteiger partial charge in [-0.1, -0.05) is 44.0 Å². The zero-order chi connectivity index (χ0) is 14.9. The maximum atomic E-state index is 12.8. The zero-order valence-corrected chi connectivity index (χ0v) is 12.8. The lowest BCUT2D eigenvalue weighted by molar-refractivity contribution is -0.149. The van der Waals surface area contributed by atoms with Gasteiger partial charge in [0.15, 0.2) is 11.4 Å². The predicted octanol–water partition coefficient (Wildman–Crippen LogP) is 2.86. The molecule has 0 saturated heterocycles. The smallest absolute Gasteiger partial charge is 0.183 e. The van der Waals surface area contributed by atoms with Crippen LogP contribution in [-0.4, -0.2) is 28.9 Å². The van der Waals surface area contributed by atoms with Crippen LogP contribution in [0.4, 0.5) is 0 Å². The summed E-state index contributed by atoms with van der Waals surface area (Å²) in [5.41, 5.74) is 0.725. The van der Waals surface area contributed by atoms with Crippen LogP contribution < -0.4 is 0 Å². The number of Topliss-reactive ketones (excluding diaryl/α,β-unsaturated/α-hetero) is 1. The van der Waals surface area contributed by atoms with E-state index in [1.54, 1.807) is 0 Å². The Hall–Kier alpha value is -1.19. The molecule has 0 radical (unpaired) electrons. The minimum absolute atomic E-state index is 0.00625. The van der Waals surface area contributed by atoms with E-state index in [4.69, 9.17) is 0 Å². The van der Waals surface area contributed by atoms with Crippen LogP contribution in [0, 0.1) is 5.92 Å². The van der Waals surface area contributed by atoms with Crippen LogP contribution in [0.1, 0.15) is 50.2 Å². The van der Waals surface area contributed by atoms with Crippen molar-refractivity contribution in [2.75, 3.05) is 13.1 Å². The molecule has 1 aromatic rings. The highest BCUT2D eigenvalue weighted by Gasteiger charge is 2.49. The van der Waals surface area contributed by atoms with Crippen molar-refractivity contribution in [1.29, 1.82) is 0 Å². The summed E-state index contributed by atoms with van der Waals surface area (Å²) in [5.74, 6) is 0.102. The fourth-order valence-corrected chi connectivity index (χ4v) is 3.61. The number of hydrogen-bond donors (Lipinski definition) is 1. The Morgan fingerprint density at radius 2 is 2.05 bits per heavy atom. The molecule has 0 amide bonds. The molecule has 1 N–H and O–H groups in total. The highest BCUT2D eigenvalue weighted by atomic mass is 16.3. The van der Waals surface area contributed by atoms with Crippen LogP contribution in [0.25, 0.3) is 0 Å². The number of carbonyl (C=O) groups excluding carboxylic acids is 1. The molecule has 3 nitrogen and oxygen atoms in total. The minimum atomic E-state index is -1.25. The predicted molar refractivity (Wildman–Crippen MR) is 82.9 cm³/mol. The Labute approximate surface area is 127 Å². The van der Waals surface area contributed by atoms with Crippen LogP contribution in [0.2, 0.25) is 0 Å². The van der Waals surface area contributed by atoms with Crippen molar-refractivity contribution in [2.45, 2.75) is 51.2 Å². The van der Waals surface area contributed by atoms with Crippen molar-refractivity contribution in [2.24, 2.45) is 5.92 Å². The molecule has 0 bridgehead atoms. The van der Waals surface area contributed by atoms with Gasteiger partial charge in [-0.25, -0.2) is 0 Å². The summed E-state index contributed by atoms with van der Waals surface area (Å²) in [5, 5.41) is 11.3. The number of nitrogens with zero attached hydrogens (tertiary/aromatic N) is 1. The Balaban J connectivity index is 1.97. The number of rotatable bonds is 4. The Bertz CT molecular complexity index is 524. The summed E-state index contributed by atoms with van der Waals surface area (Å²) in [4.78, 5) is 15.0. The summed E-state index contributed by atoms with van der Waals surface area (Å²) in [7, 11) is 0. The third kappa shape index (κ3) is 2.53. The second kappa shape index (κ2) is 5.90.